The van der Waals surface area contributed by atoms with E-state index in [1.54, 1.807) is 10.6 Å². The Morgan fingerprint density at radius 1 is 1.00 bits per heavy atom. The van der Waals surface area contributed by atoms with Crippen molar-refractivity contribution >= 4 is 15.9 Å². The summed E-state index contributed by atoms with van der Waals surface area (Å²) in [7, 11) is 0. The molecule has 0 amide bonds. The monoisotopic (exact) mass is 340 g/mol. The maximum absolute atomic E-state index is 12.5. The number of aryl methyl sites for hydroxylation is 1. The van der Waals surface area contributed by atoms with Crippen LogP contribution in [0.2, 0.25) is 0 Å². The van der Waals surface area contributed by atoms with Crippen LogP contribution >= 0.6 is 15.9 Å². The molecule has 3 nitrogen and oxygen atoms in total. The number of aromatic nitrogens is 2. The van der Waals surface area contributed by atoms with E-state index in [4.69, 9.17) is 0 Å². The van der Waals surface area contributed by atoms with E-state index < -0.39 is 0 Å². The summed E-state index contributed by atoms with van der Waals surface area (Å²) in [6, 6.07) is 18.9. The highest BCUT2D eigenvalue weighted by Crippen LogP contribution is 2.18. The van der Waals surface area contributed by atoms with Crippen molar-refractivity contribution in [2.45, 2.75) is 6.92 Å². The van der Waals surface area contributed by atoms with Gasteiger partial charge in [-0.15, -0.1) is 0 Å². The second kappa shape index (κ2) is 5.66. The van der Waals surface area contributed by atoms with Gasteiger partial charge < -0.3 is 0 Å². The SMILES string of the molecule is Cc1nc(-c2ccccc2)cc(=O)n1-c1cccc(Br)c1. The Morgan fingerprint density at radius 3 is 2.43 bits per heavy atom. The van der Waals surface area contributed by atoms with Crippen molar-refractivity contribution in [3.05, 3.63) is 81.3 Å². The van der Waals surface area contributed by atoms with Gasteiger partial charge in [0.25, 0.3) is 5.56 Å². The van der Waals surface area contributed by atoms with Crippen molar-refractivity contribution in [3.8, 4) is 16.9 Å². The van der Waals surface area contributed by atoms with E-state index in [9.17, 15) is 4.79 Å². The summed E-state index contributed by atoms with van der Waals surface area (Å²) in [5.41, 5.74) is 2.36. The second-order valence-electron chi connectivity index (χ2n) is 4.71. The van der Waals surface area contributed by atoms with Crippen molar-refractivity contribution in [2.75, 3.05) is 0 Å². The van der Waals surface area contributed by atoms with Gasteiger partial charge in [0.15, 0.2) is 0 Å². The van der Waals surface area contributed by atoms with Gasteiger partial charge in [-0.2, -0.15) is 0 Å². The standard InChI is InChI=1S/C17H13BrN2O/c1-12-19-16(13-6-3-2-4-7-13)11-17(21)20(12)15-9-5-8-14(18)10-15/h2-11H,1H3. The molecule has 0 N–H and O–H groups in total. The van der Waals surface area contributed by atoms with Gasteiger partial charge in [-0.1, -0.05) is 52.3 Å². The summed E-state index contributed by atoms with van der Waals surface area (Å²) in [5, 5.41) is 0. The van der Waals surface area contributed by atoms with E-state index in [0.717, 1.165) is 15.7 Å². The molecule has 1 heterocycles. The molecule has 0 aliphatic carbocycles. The third kappa shape index (κ3) is 2.81. The lowest BCUT2D eigenvalue weighted by atomic mass is 10.1. The number of hydrogen-bond donors (Lipinski definition) is 0. The van der Waals surface area contributed by atoms with Gasteiger partial charge in [0.1, 0.15) is 5.82 Å². The van der Waals surface area contributed by atoms with Crippen LogP contribution in [-0.2, 0) is 0 Å². The summed E-state index contributed by atoms with van der Waals surface area (Å²) in [5.74, 6) is 0.666. The number of hydrogen-bond acceptors (Lipinski definition) is 2. The summed E-state index contributed by atoms with van der Waals surface area (Å²) < 4.78 is 2.54. The first-order valence-electron chi connectivity index (χ1n) is 6.57. The molecule has 0 aliphatic heterocycles. The molecule has 21 heavy (non-hydrogen) atoms. The van der Waals surface area contributed by atoms with E-state index >= 15 is 0 Å². The lowest BCUT2D eigenvalue weighted by Crippen LogP contribution is -2.21. The Hall–Kier alpha value is -2.20. The fourth-order valence-corrected chi connectivity index (χ4v) is 2.67. The normalized spacial score (nSPS) is 10.6. The summed E-state index contributed by atoms with van der Waals surface area (Å²) >= 11 is 3.42. The highest BCUT2D eigenvalue weighted by atomic mass is 79.9. The first kappa shape index (κ1) is 13.8. The van der Waals surface area contributed by atoms with E-state index in [0.29, 0.717) is 11.5 Å². The van der Waals surface area contributed by atoms with Gasteiger partial charge in [-0.25, -0.2) is 4.98 Å². The number of rotatable bonds is 2. The van der Waals surface area contributed by atoms with Crippen LogP contribution < -0.4 is 5.56 Å². The highest BCUT2D eigenvalue weighted by molar-refractivity contribution is 9.10. The fourth-order valence-electron chi connectivity index (χ4n) is 2.28. The molecule has 0 spiro atoms. The van der Waals surface area contributed by atoms with Crippen molar-refractivity contribution in [1.29, 1.82) is 0 Å². The molecule has 0 radical (unpaired) electrons. The molecule has 2 aromatic carbocycles. The Kier molecular flexibility index (Phi) is 3.71. The summed E-state index contributed by atoms with van der Waals surface area (Å²) in [4.78, 5) is 17.0. The second-order valence-corrected chi connectivity index (χ2v) is 5.62. The van der Waals surface area contributed by atoms with Crippen LogP contribution in [0.15, 0.2) is 69.9 Å². The van der Waals surface area contributed by atoms with Crippen LogP contribution in [0.3, 0.4) is 0 Å². The van der Waals surface area contributed by atoms with E-state index in [1.165, 1.54) is 0 Å². The van der Waals surface area contributed by atoms with Gasteiger partial charge in [0.05, 0.1) is 11.4 Å². The van der Waals surface area contributed by atoms with Crippen molar-refractivity contribution in [3.63, 3.8) is 0 Å². The third-order valence-electron chi connectivity index (χ3n) is 3.22. The van der Waals surface area contributed by atoms with Crippen LogP contribution in [0.4, 0.5) is 0 Å². The molecular weight excluding hydrogens is 328 g/mol. The number of benzene rings is 2. The average Bonchev–Trinajstić information content (AvgIpc) is 2.47. The van der Waals surface area contributed by atoms with Crippen molar-refractivity contribution < 1.29 is 0 Å². The van der Waals surface area contributed by atoms with Crippen LogP contribution in [0, 0.1) is 6.92 Å². The minimum Gasteiger partial charge on any atom is -0.269 e. The van der Waals surface area contributed by atoms with Crippen molar-refractivity contribution in [2.24, 2.45) is 0 Å². The Labute approximate surface area is 131 Å². The minimum absolute atomic E-state index is 0.0838. The smallest absolute Gasteiger partial charge is 0.258 e. The van der Waals surface area contributed by atoms with E-state index in [2.05, 4.69) is 20.9 Å². The van der Waals surface area contributed by atoms with Crippen LogP contribution in [0.1, 0.15) is 5.82 Å². The molecule has 0 saturated heterocycles. The first-order chi connectivity index (χ1) is 10.1. The largest absolute Gasteiger partial charge is 0.269 e. The van der Waals surface area contributed by atoms with Crippen molar-refractivity contribution in [1.82, 2.24) is 9.55 Å². The number of halogens is 1. The molecule has 4 heteroatoms. The topological polar surface area (TPSA) is 34.9 Å². The lowest BCUT2D eigenvalue weighted by Gasteiger charge is -2.11. The maximum atomic E-state index is 12.5. The minimum atomic E-state index is -0.0838. The Balaban J connectivity index is 2.16. The first-order valence-corrected chi connectivity index (χ1v) is 7.36. The quantitative estimate of drug-likeness (QED) is 0.707. The van der Waals surface area contributed by atoms with E-state index in [1.807, 2.05) is 61.5 Å². The summed E-state index contributed by atoms with van der Waals surface area (Å²) in [6.07, 6.45) is 0. The molecular formula is C17H13BrN2O. The van der Waals surface area contributed by atoms with Crippen LogP contribution in [0.25, 0.3) is 16.9 Å². The summed E-state index contributed by atoms with van der Waals surface area (Å²) in [6.45, 7) is 1.84. The fraction of sp³-hybridized carbons (Fsp3) is 0.0588. The van der Waals surface area contributed by atoms with Crippen LogP contribution in [-0.4, -0.2) is 9.55 Å². The average molecular weight is 341 g/mol. The molecule has 0 unspecified atom stereocenters. The molecule has 0 fully saturated rings. The molecule has 3 aromatic rings. The number of nitrogens with zero attached hydrogens (tertiary/aromatic N) is 2. The molecule has 104 valence electrons. The lowest BCUT2D eigenvalue weighted by molar-refractivity contribution is 0.873. The van der Waals surface area contributed by atoms with Gasteiger partial charge in [-0.3, -0.25) is 9.36 Å². The van der Waals surface area contributed by atoms with Gasteiger partial charge in [-0.05, 0) is 25.1 Å². The molecule has 0 atom stereocenters. The Morgan fingerprint density at radius 2 is 1.76 bits per heavy atom. The molecule has 1 aromatic heterocycles. The van der Waals surface area contributed by atoms with Gasteiger partial charge >= 0.3 is 0 Å². The molecule has 0 saturated carbocycles. The zero-order chi connectivity index (χ0) is 14.8. The zero-order valence-electron chi connectivity index (χ0n) is 11.5. The predicted octanol–water partition coefficient (Wildman–Crippen LogP) is 3.97. The highest BCUT2D eigenvalue weighted by Gasteiger charge is 2.08. The third-order valence-corrected chi connectivity index (χ3v) is 3.72. The van der Waals surface area contributed by atoms with Gasteiger partial charge in [0, 0.05) is 16.1 Å². The molecule has 0 bridgehead atoms. The molecule has 0 aliphatic rings. The maximum Gasteiger partial charge on any atom is 0.258 e. The van der Waals surface area contributed by atoms with E-state index in [-0.39, 0.29) is 5.56 Å². The molecule has 3 rings (SSSR count). The zero-order valence-corrected chi connectivity index (χ0v) is 13.0. The predicted molar refractivity (Wildman–Crippen MR) is 87.7 cm³/mol. The Bertz CT molecular complexity index is 841. The van der Waals surface area contributed by atoms with Gasteiger partial charge in [0.2, 0.25) is 0 Å². The van der Waals surface area contributed by atoms with Crippen LogP contribution in [0.5, 0.6) is 0 Å².